The largest absolute Gasteiger partial charge is 0.489 e. The number of ketones is 1. The Hall–Kier alpha value is -1.53. The van der Waals surface area contributed by atoms with Crippen molar-refractivity contribution >= 4 is 27.6 Å². The monoisotopic (exact) mass is 381 g/mol. The molecule has 1 aromatic rings. The SMILES string of the molecule is C=C=CCOc1ccc(S(=O)(=O)N2CCSC(C)(C)C2C(C)=O)cc1. The average molecular weight is 382 g/mol. The number of nitrogens with zero attached hydrogens (tertiary/aromatic N) is 1. The van der Waals surface area contributed by atoms with Crippen molar-refractivity contribution in [1.29, 1.82) is 0 Å². The third-order valence-electron chi connectivity index (χ3n) is 4.03. The van der Waals surface area contributed by atoms with Gasteiger partial charge in [0, 0.05) is 17.0 Å². The molecule has 1 aliphatic rings. The standard InChI is InChI=1S/C18H23NO4S2/c1-5-6-12-23-15-7-9-16(10-8-15)25(21,22)19-11-13-24-18(3,4)17(19)14(2)20/h6-10,17H,1,11-13H2,2-4H3. The molecule has 0 saturated carbocycles. The van der Waals surface area contributed by atoms with E-state index in [-0.39, 0.29) is 10.7 Å². The Morgan fingerprint density at radius 2 is 2.08 bits per heavy atom. The first-order valence-electron chi connectivity index (χ1n) is 7.93. The van der Waals surface area contributed by atoms with Gasteiger partial charge in [-0.15, -0.1) is 5.73 Å². The van der Waals surface area contributed by atoms with E-state index in [9.17, 15) is 13.2 Å². The van der Waals surface area contributed by atoms with Crippen LogP contribution in [0.3, 0.4) is 0 Å². The summed E-state index contributed by atoms with van der Waals surface area (Å²) >= 11 is 1.62. The predicted molar refractivity (Wildman–Crippen MR) is 101 cm³/mol. The second-order valence-corrected chi connectivity index (χ2v) is 9.91. The number of ether oxygens (including phenoxy) is 1. The topological polar surface area (TPSA) is 63.7 Å². The minimum Gasteiger partial charge on any atom is -0.489 e. The summed E-state index contributed by atoms with van der Waals surface area (Å²) in [4.78, 5) is 12.3. The highest BCUT2D eigenvalue weighted by atomic mass is 32.2. The number of benzene rings is 1. The Morgan fingerprint density at radius 3 is 2.64 bits per heavy atom. The molecule has 0 bridgehead atoms. The molecule has 0 aromatic heterocycles. The van der Waals surface area contributed by atoms with Crippen LogP contribution in [0.1, 0.15) is 20.8 Å². The van der Waals surface area contributed by atoms with Gasteiger partial charge < -0.3 is 4.74 Å². The number of sulfonamides is 1. The van der Waals surface area contributed by atoms with Gasteiger partial charge in [-0.1, -0.05) is 6.58 Å². The lowest BCUT2D eigenvalue weighted by atomic mass is 9.99. The van der Waals surface area contributed by atoms with E-state index >= 15 is 0 Å². The lowest BCUT2D eigenvalue weighted by Gasteiger charge is -2.43. The maximum absolute atomic E-state index is 13.1. The van der Waals surface area contributed by atoms with Crippen LogP contribution in [-0.2, 0) is 14.8 Å². The van der Waals surface area contributed by atoms with E-state index in [1.165, 1.54) is 23.4 Å². The molecule has 1 unspecified atom stereocenters. The quantitative estimate of drug-likeness (QED) is 0.709. The van der Waals surface area contributed by atoms with E-state index in [2.05, 4.69) is 12.3 Å². The second-order valence-electron chi connectivity index (χ2n) is 6.27. The zero-order chi connectivity index (χ0) is 18.7. The molecule has 2 rings (SSSR count). The van der Waals surface area contributed by atoms with Crippen molar-refractivity contribution in [2.24, 2.45) is 0 Å². The second kappa shape index (κ2) is 7.79. The summed E-state index contributed by atoms with van der Waals surface area (Å²) in [6.45, 7) is 9.36. The third-order valence-corrected chi connectivity index (χ3v) is 7.26. The molecule has 1 atom stereocenters. The van der Waals surface area contributed by atoms with Crippen LogP contribution in [0.2, 0.25) is 0 Å². The zero-order valence-electron chi connectivity index (χ0n) is 14.7. The van der Waals surface area contributed by atoms with Crippen LogP contribution in [0, 0.1) is 0 Å². The van der Waals surface area contributed by atoms with E-state index in [4.69, 9.17) is 4.74 Å². The fourth-order valence-corrected chi connectivity index (χ4v) is 6.16. The van der Waals surface area contributed by atoms with Crippen LogP contribution < -0.4 is 4.74 Å². The first kappa shape index (κ1) is 19.8. The molecular formula is C18H23NO4S2. The summed E-state index contributed by atoms with van der Waals surface area (Å²) in [5.74, 6) is 1.07. The maximum atomic E-state index is 13.1. The van der Waals surface area contributed by atoms with Crippen LogP contribution in [-0.4, -0.2) is 48.2 Å². The molecule has 0 N–H and O–H groups in total. The fourth-order valence-electron chi connectivity index (χ4n) is 2.94. The average Bonchev–Trinajstić information content (AvgIpc) is 2.54. The van der Waals surface area contributed by atoms with Gasteiger partial charge in [0.1, 0.15) is 18.1 Å². The molecule has 0 aliphatic carbocycles. The highest BCUT2D eigenvalue weighted by Gasteiger charge is 2.46. The van der Waals surface area contributed by atoms with Crippen molar-refractivity contribution < 1.29 is 17.9 Å². The summed E-state index contributed by atoms with van der Waals surface area (Å²) in [7, 11) is -3.76. The van der Waals surface area contributed by atoms with E-state index in [1.54, 1.807) is 30.0 Å². The van der Waals surface area contributed by atoms with Gasteiger partial charge in [-0.3, -0.25) is 4.79 Å². The minimum absolute atomic E-state index is 0.142. The summed E-state index contributed by atoms with van der Waals surface area (Å²) < 4.78 is 32.4. The van der Waals surface area contributed by atoms with Gasteiger partial charge in [0.15, 0.2) is 0 Å². The van der Waals surface area contributed by atoms with E-state index in [0.29, 0.717) is 24.7 Å². The van der Waals surface area contributed by atoms with E-state index in [1.807, 2.05) is 13.8 Å². The molecule has 1 heterocycles. The lowest BCUT2D eigenvalue weighted by molar-refractivity contribution is -0.121. The Labute approximate surface area is 153 Å². The van der Waals surface area contributed by atoms with Gasteiger partial charge in [0.05, 0.1) is 10.9 Å². The zero-order valence-corrected chi connectivity index (χ0v) is 16.3. The first-order chi connectivity index (χ1) is 11.7. The molecule has 5 nitrogen and oxygen atoms in total. The Morgan fingerprint density at radius 1 is 1.44 bits per heavy atom. The smallest absolute Gasteiger partial charge is 0.243 e. The number of thioether (sulfide) groups is 1. The molecule has 1 aromatic carbocycles. The van der Waals surface area contributed by atoms with Crippen molar-refractivity contribution in [1.82, 2.24) is 4.31 Å². The molecule has 1 saturated heterocycles. The molecule has 1 aliphatic heterocycles. The number of rotatable bonds is 6. The van der Waals surface area contributed by atoms with Crippen LogP contribution in [0.5, 0.6) is 5.75 Å². The van der Waals surface area contributed by atoms with Crippen LogP contribution in [0.4, 0.5) is 0 Å². The Bertz CT molecular complexity index is 778. The Kier molecular flexibility index (Phi) is 6.16. The number of hydrogen-bond donors (Lipinski definition) is 0. The number of hydrogen-bond acceptors (Lipinski definition) is 5. The van der Waals surface area contributed by atoms with Crippen molar-refractivity contribution in [2.45, 2.75) is 36.5 Å². The van der Waals surface area contributed by atoms with Gasteiger partial charge in [-0.25, -0.2) is 8.42 Å². The fraction of sp³-hybridized carbons (Fsp3) is 0.444. The number of carbonyl (C=O) groups excluding carboxylic acids is 1. The van der Waals surface area contributed by atoms with Crippen molar-refractivity contribution in [3.63, 3.8) is 0 Å². The Balaban J connectivity index is 2.30. The molecule has 0 amide bonds. The van der Waals surface area contributed by atoms with E-state index < -0.39 is 20.8 Å². The summed E-state index contributed by atoms with van der Waals surface area (Å²) in [5.41, 5.74) is 2.60. The molecule has 7 heteroatoms. The molecule has 0 radical (unpaired) electrons. The maximum Gasteiger partial charge on any atom is 0.243 e. The summed E-state index contributed by atoms with van der Waals surface area (Å²) in [6.07, 6.45) is 1.63. The molecular weight excluding hydrogens is 358 g/mol. The van der Waals surface area contributed by atoms with Crippen molar-refractivity contribution in [3.8, 4) is 5.75 Å². The number of Topliss-reactive ketones (excluding diaryl/α,β-unsaturated/α-hetero) is 1. The first-order valence-corrected chi connectivity index (χ1v) is 10.4. The van der Waals surface area contributed by atoms with Crippen molar-refractivity contribution in [2.75, 3.05) is 18.9 Å². The highest BCUT2D eigenvalue weighted by molar-refractivity contribution is 8.00. The van der Waals surface area contributed by atoms with Crippen LogP contribution in [0.25, 0.3) is 0 Å². The summed E-state index contributed by atoms with van der Waals surface area (Å²) in [5, 5.41) is 0. The van der Waals surface area contributed by atoms with Crippen molar-refractivity contribution in [3.05, 3.63) is 42.7 Å². The third kappa shape index (κ3) is 4.36. The lowest BCUT2D eigenvalue weighted by Crippen LogP contribution is -2.57. The van der Waals surface area contributed by atoms with Gasteiger partial charge in [-0.05, 0) is 51.1 Å². The van der Waals surface area contributed by atoms with Gasteiger partial charge in [0.2, 0.25) is 10.0 Å². The molecule has 25 heavy (non-hydrogen) atoms. The summed E-state index contributed by atoms with van der Waals surface area (Å²) in [6, 6.07) is 5.56. The normalized spacial score (nSPS) is 20.5. The van der Waals surface area contributed by atoms with Gasteiger partial charge >= 0.3 is 0 Å². The predicted octanol–water partition coefficient (Wildman–Crippen LogP) is 2.88. The van der Waals surface area contributed by atoms with Gasteiger partial charge in [0.25, 0.3) is 0 Å². The van der Waals surface area contributed by atoms with Crippen LogP contribution in [0.15, 0.2) is 47.5 Å². The molecule has 0 spiro atoms. The number of carbonyl (C=O) groups is 1. The highest BCUT2D eigenvalue weighted by Crippen LogP contribution is 2.38. The molecule has 1 fully saturated rings. The minimum atomic E-state index is -3.76. The molecule has 136 valence electrons. The van der Waals surface area contributed by atoms with Gasteiger partial charge in [-0.2, -0.15) is 16.1 Å². The van der Waals surface area contributed by atoms with Crippen LogP contribution >= 0.6 is 11.8 Å². The van der Waals surface area contributed by atoms with E-state index in [0.717, 1.165) is 0 Å².